The van der Waals surface area contributed by atoms with Crippen LogP contribution in [0.15, 0.2) is 24.3 Å². The van der Waals surface area contributed by atoms with Crippen LogP contribution in [-0.4, -0.2) is 23.0 Å². The van der Waals surface area contributed by atoms with Crippen LogP contribution in [0.3, 0.4) is 0 Å². The third-order valence-corrected chi connectivity index (χ3v) is 3.81. The number of carboxylic acid groups (broad SMARTS) is 1. The number of carboxylic acids is 1. The van der Waals surface area contributed by atoms with E-state index in [0.29, 0.717) is 11.4 Å². The number of rotatable bonds is 6. The van der Waals surface area contributed by atoms with Crippen LogP contribution in [0, 0.1) is 12.8 Å². The topological polar surface area (TPSA) is 66.4 Å². The van der Waals surface area contributed by atoms with Gasteiger partial charge in [0.1, 0.15) is 6.04 Å². The molecule has 1 aromatic rings. The van der Waals surface area contributed by atoms with Crippen LogP contribution in [0.25, 0.3) is 6.08 Å². The predicted molar refractivity (Wildman–Crippen MR) is 84.2 cm³/mol. The first-order valence-electron chi connectivity index (χ1n) is 6.82. The summed E-state index contributed by atoms with van der Waals surface area (Å²) in [6.07, 6.45) is 3.60. The summed E-state index contributed by atoms with van der Waals surface area (Å²) in [6.45, 7) is 5.57. The van der Waals surface area contributed by atoms with Crippen LogP contribution in [0.5, 0.6) is 0 Å². The molecule has 0 aliphatic carbocycles. The van der Waals surface area contributed by atoms with Crippen LogP contribution in [0.2, 0.25) is 5.02 Å². The lowest BCUT2D eigenvalue weighted by atomic mass is 9.99. The van der Waals surface area contributed by atoms with Crippen molar-refractivity contribution in [2.45, 2.75) is 33.2 Å². The van der Waals surface area contributed by atoms with Gasteiger partial charge in [-0.1, -0.05) is 44.0 Å². The largest absolute Gasteiger partial charge is 0.480 e. The smallest absolute Gasteiger partial charge is 0.326 e. The second kappa shape index (κ2) is 7.84. The number of aliphatic carboxylic acids is 1. The van der Waals surface area contributed by atoms with Gasteiger partial charge in [-0.05, 0) is 36.1 Å². The Labute approximate surface area is 129 Å². The first kappa shape index (κ1) is 17.2. The molecule has 1 aromatic carbocycles. The molecule has 1 rings (SSSR count). The van der Waals surface area contributed by atoms with Crippen molar-refractivity contribution in [3.05, 3.63) is 40.4 Å². The highest BCUT2D eigenvalue weighted by atomic mass is 35.5. The molecule has 0 heterocycles. The molecule has 0 bridgehead atoms. The van der Waals surface area contributed by atoms with Crippen molar-refractivity contribution in [3.8, 4) is 0 Å². The summed E-state index contributed by atoms with van der Waals surface area (Å²) >= 11 is 6.00. The normalized spacial score (nSPS) is 13.9. The molecule has 0 aromatic heterocycles. The lowest BCUT2D eigenvalue weighted by Gasteiger charge is -2.19. The molecule has 0 saturated heterocycles. The molecular weight excluding hydrogens is 290 g/mol. The summed E-state index contributed by atoms with van der Waals surface area (Å²) < 4.78 is 0. The average molecular weight is 310 g/mol. The molecule has 0 saturated carbocycles. The standard InChI is InChI=1S/C16H20ClNO3/c1-4-10(2)15(16(20)21)18-14(19)8-7-12-6-5-11(3)13(17)9-12/h5-10,15H,4H2,1-3H3,(H,18,19)(H,20,21)/b8-7+/t10?,15-/m0/s1. The number of amides is 1. The molecule has 1 amide bonds. The van der Waals surface area contributed by atoms with E-state index >= 15 is 0 Å². The zero-order chi connectivity index (χ0) is 16.0. The van der Waals surface area contributed by atoms with Crippen LogP contribution in [0.4, 0.5) is 0 Å². The van der Waals surface area contributed by atoms with E-state index in [9.17, 15) is 9.59 Å². The number of carbonyl (C=O) groups is 2. The number of benzene rings is 1. The van der Waals surface area contributed by atoms with Crippen LogP contribution >= 0.6 is 11.6 Å². The van der Waals surface area contributed by atoms with Gasteiger partial charge in [0.05, 0.1) is 0 Å². The Morgan fingerprint density at radius 2 is 2.10 bits per heavy atom. The Morgan fingerprint density at radius 3 is 2.62 bits per heavy atom. The van der Waals surface area contributed by atoms with Gasteiger partial charge < -0.3 is 10.4 Å². The molecule has 0 aliphatic heterocycles. The van der Waals surface area contributed by atoms with E-state index in [-0.39, 0.29) is 5.92 Å². The van der Waals surface area contributed by atoms with Gasteiger partial charge in [-0.2, -0.15) is 0 Å². The second-order valence-corrected chi connectivity index (χ2v) is 5.46. The highest BCUT2D eigenvalue weighted by molar-refractivity contribution is 6.31. The summed E-state index contributed by atoms with van der Waals surface area (Å²) in [5.41, 5.74) is 1.75. The van der Waals surface area contributed by atoms with E-state index in [1.165, 1.54) is 6.08 Å². The Kier molecular flexibility index (Phi) is 6.43. The number of hydrogen-bond donors (Lipinski definition) is 2. The van der Waals surface area contributed by atoms with Gasteiger partial charge >= 0.3 is 5.97 Å². The summed E-state index contributed by atoms with van der Waals surface area (Å²) in [7, 11) is 0. The Morgan fingerprint density at radius 1 is 1.43 bits per heavy atom. The van der Waals surface area contributed by atoms with Crippen LogP contribution in [0.1, 0.15) is 31.4 Å². The molecule has 0 spiro atoms. The maximum atomic E-state index is 11.8. The number of halogens is 1. The first-order chi connectivity index (χ1) is 9.85. The summed E-state index contributed by atoms with van der Waals surface area (Å²) in [6, 6.07) is 4.58. The van der Waals surface area contributed by atoms with Crippen molar-refractivity contribution in [2.24, 2.45) is 5.92 Å². The van der Waals surface area contributed by atoms with E-state index in [1.54, 1.807) is 19.1 Å². The molecule has 0 aliphatic rings. The van der Waals surface area contributed by atoms with E-state index in [1.807, 2.05) is 26.0 Å². The molecule has 4 nitrogen and oxygen atoms in total. The third kappa shape index (κ3) is 5.23. The van der Waals surface area contributed by atoms with E-state index in [4.69, 9.17) is 16.7 Å². The molecule has 1 unspecified atom stereocenters. The molecule has 0 radical (unpaired) electrons. The quantitative estimate of drug-likeness (QED) is 0.793. The van der Waals surface area contributed by atoms with Crippen molar-refractivity contribution < 1.29 is 14.7 Å². The fraction of sp³-hybridized carbons (Fsp3) is 0.375. The fourth-order valence-corrected chi connectivity index (χ4v) is 1.96. The maximum absolute atomic E-state index is 11.8. The lowest BCUT2D eigenvalue weighted by Crippen LogP contribution is -2.44. The molecule has 21 heavy (non-hydrogen) atoms. The van der Waals surface area contributed by atoms with Gasteiger partial charge in [0.25, 0.3) is 0 Å². The maximum Gasteiger partial charge on any atom is 0.326 e. The minimum atomic E-state index is -1.02. The monoisotopic (exact) mass is 309 g/mol. The van der Waals surface area contributed by atoms with Crippen molar-refractivity contribution in [3.63, 3.8) is 0 Å². The van der Waals surface area contributed by atoms with Gasteiger partial charge in [-0.15, -0.1) is 0 Å². The molecule has 5 heteroatoms. The van der Waals surface area contributed by atoms with Crippen molar-refractivity contribution >= 4 is 29.6 Å². The molecular formula is C16H20ClNO3. The van der Waals surface area contributed by atoms with Gasteiger partial charge in [-0.25, -0.2) is 4.79 Å². The van der Waals surface area contributed by atoms with E-state index < -0.39 is 17.9 Å². The number of aryl methyl sites for hydroxylation is 1. The highest BCUT2D eigenvalue weighted by Gasteiger charge is 2.24. The van der Waals surface area contributed by atoms with Crippen LogP contribution < -0.4 is 5.32 Å². The SMILES string of the molecule is CCC(C)[C@H](NC(=O)/C=C/c1ccc(C)c(Cl)c1)C(=O)O. The molecule has 0 fully saturated rings. The lowest BCUT2D eigenvalue weighted by molar-refractivity contribution is -0.142. The van der Waals surface area contributed by atoms with Gasteiger partial charge in [0, 0.05) is 11.1 Å². The minimum Gasteiger partial charge on any atom is -0.480 e. The number of carbonyl (C=O) groups excluding carboxylic acids is 1. The van der Waals surface area contributed by atoms with Gasteiger partial charge in [0.2, 0.25) is 5.91 Å². The Hall–Kier alpha value is -1.81. The molecule has 114 valence electrons. The van der Waals surface area contributed by atoms with Crippen molar-refractivity contribution in [2.75, 3.05) is 0 Å². The molecule has 2 N–H and O–H groups in total. The fourth-order valence-electron chi connectivity index (χ4n) is 1.77. The predicted octanol–water partition coefficient (Wildman–Crippen LogP) is 3.28. The van der Waals surface area contributed by atoms with Crippen molar-refractivity contribution in [1.82, 2.24) is 5.32 Å². The molecule has 2 atom stereocenters. The van der Waals surface area contributed by atoms with Crippen LogP contribution in [-0.2, 0) is 9.59 Å². The zero-order valence-electron chi connectivity index (χ0n) is 12.4. The van der Waals surface area contributed by atoms with Gasteiger partial charge in [0.15, 0.2) is 0 Å². The summed E-state index contributed by atoms with van der Waals surface area (Å²) in [5.74, 6) is -1.59. The van der Waals surface area contributed by atoms with Crippen molar-refractivity contribution in [1.29, 1.82) is 0 Å². The Balaban J connectivity index is 2.73. The van der Waals surface area contributed by atoms with Gasteiger partial charge in [-0.3, -0.25) is 4.79 Å². The van der Waals surface area contributed by atoms with E-state index in [0.717, 1.165) is 11.1 Å². The number of hydrogen-bond acceptors (Lipinski definition) is 2. The highest BCUT2D eigenvalue weighted by Crippen LogP contribution is 2.17. The second-order valence-electron chi connectivity index (χ2n) is 5.05. The zero-order valence-corrected chi connectivity index (χ0v) is 13.1. The third-order valence-electron chi connectivity index (χ3n) is 3.40. The summed E-state index contributed by atoms with van der Waals surface area (Å²) in [5, 5.41) is 12.3. The number of nitrogens with one attached hydrogen (secondary N) is 1. The first-order valence-corrected chi connectivity index (χ1v) is 7.20. The average Bonchev–Trinajstić information content (AvgIpc) is 2.44. The Bertz CT molecular complexity index is 554. The minimum absolute atomic E-state index is 0.131. The summed E-state index contributed by atoms with van der Waals surface area (Å²) in [4.78, 5) is 22.9. The van der Waals surface area contributed by atoms with E-state index in [2.05, 4.69) is 5.32 Å².